The molecule has 0 aliphatic carbocycles. The number of hydrogen-bond acceptors (Lipinski definition) is 2. The molecule has 0 atom stereocenters. The van der Waals surface area contributed by atoms with Gasteiger partial charge < -0.3 is 0 Å². The van der Waals surface area contributed by atoms with Crippen LogP contribution in [0.3, 0.4) is 0 Å². The molecule has 4 rings (SSSR count). The Hall–Kier alpha value is -1.64. The van der Waals surface area contributed by atoms with Gasteiger partial charge in [-0.1, -0.05) is 24.3 Å². The molecule has 0 saturated carbocycles. The molecule has 2 heterocycles. The fourth-order valence-electron chi connectivity index (χ4n) is 2.46. The van der Waals surface area contributed by atoms with E-state index in [2.05, 4.69) is 59.3 Å². The number of fused-ring (bicyclic) bond motifs is 2. The zero-order valence-electron chi connectivity index (χ0n) is 9.59. The summed E-state index contributed by atoms with van der Waals surface area (Å²) in [6, 6.07) is 17.6. The summed E-state index contributed by atoms with van der Waals surface area (Å²) in [6.45, 7) is 0. The minimum atomic E-state index is 1.35. The molecular formula is C16H10S2. The lowest BCUT2D eigenvalue weighted by molar-refractivity contribution is 1.75. The average molecular weight is 266 g/mol. The molecule has 0 radical (unpaired) electrons. The van der Waals surface area contributed by atoms with Crippen LogP contribution < -0.4 is 0 Å². The van der Waals surface area contributed by atoms with E-state index in [1.54, 1.807) is 22.7 Å². The summed E-state index contributed by atoms with van der Waals surface area (Å²) in [5, 5.41) is 7.06. The molecule has 2 heteroatoms. The molecule has 0 aliphatic heterocycles. The molecule has 0 unspecified atom stereocenters. The van der Waals surface area contributed by atoms with E-state index in [9.17, 15) is 0 Å². The Balaban J connectivity index is 2.13. The molecule has 0 spiro atoms. The molecule has 0 saturated heterocycles. The van der Waals surface area contributed by atoms with Gasteiger partial charge in [0.25, 0.3) is 0 Å². The van der Waals surface area contributed by atoms with E-state index in [-0.39, 0.29) is 0 Å². The van der Waals surface area contributed by atoms with Crippen molar-refractivity contribution in [2.24, 2.45) is 0 Å². The van der Waals surface area contributed by atoms with Crippen LogP contribution in [0.5, 0.6) is 0 Å². The van der Waals surface area contributed by atoms with Gasteiger partial charge in [-0.05, 0) is 46.2 Å². The van der Waals surface area contributed by atoms with Gasteiger partial charge in [-0.15, -0.1) is 22.7 Å². The number of hydrogen-bond donors (Lipinski definition) is 0. The molecule has 4 aromatic rings. The highest BCUT2D eigenvalue weighted by Gasteiger charge is 2.08. The minimum absolute atomic E-state index is 1.35. The van der Waals surface area contributed by atoms with Crippen LogP contribution in [0, 0.1) is 0 Å². The standard InChI is InChI=1S/C16H10S2/c1-3-11(13-7-9-17-15(13)5-1)12-4-2-6-16-14(12)8-10-18-16/h1-10H. The summed E-state index contributed by atoms with van der Waals surface area (Å²) in [4.78, 5) is 0. The lowest BCUT2D eigenvalue weighted by Crippen LogP contribution is -1.79. The maximum Gasteiger partial charge on any atom is 0.0348 e. The highest BCUT2D eigenvalue weighted by atomic mass is 32.1. The molecule has 18 heavy (non-hydrogen) atoms. The Morgan fingerprint density at radius 2 is 1.06 bits per heavy atom. The van der Waals surface area contributed by atoms with E-state index >= 15 is 0 Å². The van der Waals surface area contributed by atoms with Crippen LogP contribution >= 0.6 is 22.7 Å². The predicted octanol–water partition coefficient (Wildman–Crippen LogP) is 5.78. The second-order valence-corrected chi connectivity index (χ2v) is 6.17. The zero-order valence-corrected chi connectivity index (χ0v) is 11.2. The van der Waals surface area contributed by atoms with Crippen molar-refractivity contribution in [1.82, 2.24) is 0 Å². The predicted molar refractivity (Wildman–Crippen MR) is 82.6 cm³/mol. The Labute approximate surface area is 113 Å². The van der Waals surface area contributed by atoms with Crippen molar-refractivity contribution in [3.05, 3.63) is 59.3 Å². The smallest absolute Gasteiger partial charge is 0.0348 e. The van der Waals surface area contributed by atoms with E-state index in [0.717, 1.165) is 0 Å². The fourth-order valence-corrected chi connectivity index (χ4v) is 4.08. The minimum Gasteiger partial charge on any atom is -0.144 e. The SMILES string of the molecule is c1cc(-c2cccc3sccc23)c2ccsc2c1. The van der Waals surface area contributed by atoms with Crippen molar-refractivity contribution >= 4 is 42.8 Å². The molecule has 86 valence electrons. The average Bonchev–Trinajstić information content (AvgIpc) is 3.06. The zero-order chi connectivity index (χ0) is 11.9. The van der Waals surface area contributed by atoms with Crippen LogP contribution in [0.4, 0.5) is 0 Å². The van der Waals surface area contributed by atoms with Crippen LogP contribution in [-0.4, -0.2) is 0 Å². The maximum absolute atomic E-state index is 2.22. The quantitative estimate of drug-likeness (QED) is 0.409. The van der Waals surface area contributed by atoms with Gasteiger partial charge in [0.15, 0.2) is 0 Å². The molecule has 2 aromatic carbocycles. The van der Waals surface area contributed by atoms with E-state index in [1.807, 2.05) is 0 Å². The first-order valence-electron chi connectivity index (χ1n) is 5.86. The first-order valence-corrected chi connectivity index (χ1v) is 7.62. The Morgan fingerprint density at radius 3 is 1.56 bits per heavy atom. The van der Waals surface area contributed by atoms with Crippen molar-refractivity contribution < 1.29 is 0 Å². The van der Waals surface area contributed by atoms with Gasteiger partial charge in [0, 0.05) is 20.2 Å². The van der Waals surface area contributed by atoms with Crippen LogP contribution in [0.15, 0.2) is 59.3 Å². The van der Waals surface area contributed by atoms with Crippen LogP contribution in [0.25, 0.3) is 31.3 Å². The number of thiophene rings is 2. The molecule has 0 fully saturated rings. The summed E-state index contributed by atoms with van der Waals surface area (Å²) in [7, 11) is 0. The summed E-state index contributed by atoms with van der Waals surface area (Å²) < 4.78 is 2.72. The van der Waals surface area contributed by atoms with Gasteiger partial charge in [-0.25, -0.2) is 0 Å². The summed E-state index contributed by atoms with van der Waals surface area (Å²) in [5.74, 6) is 0. The van der Waals surface area contributed by atoms with Crippen molar-refractivity contribution in [3.8, 4) is 11.1 Å². The largest absolute Gasteiger partial charge is 0.144 e. The molecule has 0 amide bonds. The van der Waals surface area contributed by atoms with Gasteiger partial charge in [0.1, 0.15) is 0 Å². The van der Waals surface area contributed by atoms with Crippen LogP contribution in [-0.2, 0) is 0 Å². The first-order chi connectivity index (χ1) is 8.93. The molecule has 0 N–H and O–H groups in total. The van der Waals surface area contributed by atoms with Gasteiger partial charge in [-0.2, -0.15) is 0 Å². The third-order valence-corrected chi connectivity index (χ3v) is 5.05. The summed E-state index contributed by atoms with van der Waals surface area (Å²) in [6.07, 6.45) is 0. The number of benzene rings is 2. The second-order valence-electron chi connectivity index (χ2n) is 4.28. The maximum atomic E-state index is 2.22. The highest BCUT2D eigenvalue weighted by Crippen LogP contribution is 2.36. The summed E-state index contributed by atoms with van der Waals surface area (Å²) >= 11 is 3.61. The van der Waals surface area contributed by atoms with Gasteiger partial charge >= 0.3 is 0 Å². The second kappa shape index (κ2) is 3.94. The third kappa shape index (κ3) is 1.43. The third-order valence-electron chi connectivity index (χ3n) is 3.28. The lowest BCUT2D eigenvalue weighted by Gasteiger charge is -2.05. The van der Waals surface area contributed by atoms with Crippen molar-refractivity contribution in [1.29, 1.82) is 0 Å². The normalized spacial score (nSPS) is 11.3. The topological polar surface area (TPSA) is 0 Å². The Bertz CT molecular complexity index is 764. The van der Waals surface area contributed by atoms with Gasteiger partial charge in [-0.3, -0.25) is 0 Å². The van der Waals surface area contributed by atoms with Crippen molar-refractivity contribution in [2.75, 3.05) is 0 Å². The van der Waals surface area contributed by atoms with Crippen LogP contribution in [0.2, 0.25) is 0 Å². The van der Waals surface area contributed by atoms with E-state index in [0.29, 0.717) is 0 Å². The Morgan fingerprint density at radius 1 is 0.556 bits per heavy atom. The lowest BCUT2D eigenvalue weighted by atomic mass is 9.99. The molecule has 0 nitrogen and oxygen atoms in total. The highest BCUT2D eigenvalue weighted by molar-refractivity contribution is 7.17. The molecule has 2 aromatic heterocycles. The molecular weight excluding hydrogens is 256 g/mol. The van der Waals surface area contributed by atoms with E-state index < -0.39 is 0 Å². The summed E-state index contributed by atoms with van der Waals surface area (Å²) in [5.41, 5.74) is 2.69. The van der Waals surface area contributed by atoms with E-state index in [1.165, 1.54) is 31.3 Å². The number of rotatable bonds is 1. The van der Waals surface area contributed by atoms with Gasteiger partial charge in [0.2, 0.25) is 0 Å². The van der Waals surface area contributed by atoms with Crippen molar-refractivity contribution in [3.63, 3.8) is 0 Å². The Kier molecular flexibility index (Phi) is 2.25. The van der Waals surface area contributed by atoms with E-state index in [4.69, 9.17) is 0 Å². The molecule has 0 bridgehead atoms. The van der Waals surface area contributed by atoms with Gasteiger partial charge in [0.05, 0.1) is 0 Å². The monoisotopic (exact) mass is 266 g/mol. The van der Waals surface area contributed by atoms with Crippen molar-refractivity contribution in [2.45, 2.75) is 0 Å². The fraction of sp³-hybridized carbons (Fsp3) is 0. The van der Waals surface area contributed by atoms with Crippen LogP contribution in [0.1, 0.15) is 0 Å². The first kappa shape index (κ1) is 10.3. The molecule has 0 aliphatic rings.